The summed E-state index contributed by atoms with van der Waals surface area (Å²) in [6, 6.07) is 8.77. The van der Waals surface area contributed by atoms with E-state index in [1.54, 1.807) is 4.90 Å². The van der Waals surface area contributed by atoms with Crippen LogP contribution in [0.4, 0.5) is 4.79 Å². The quantitative estimate of drug-likeness (QED) is 0.415. The van der Waals surface area contributed by atoms with Crippen LogP contribution in [0.1, 0.15) is 67.9 Å². The van der Waals surface area contributed by atoms with Gasteiger partial charge in [-0.25, -0.2) is 4.79 Å². The van der Waals surface area contributed by atoms with Gasteiger partial charge in [0.1, 0.15) is 11.3 Å². The Labute approximate surface area is 230 Å². The molecule has 0 unspecified atom stereocenters. The number of aliphatic hydroxyl groups is 1. The molecule has 1 saturated heterocycles. The Balaban J connectivity index is 2.39. The van der Waals surface area contributed by atoms with Gasteiger partial charge in [0.25, 0.3) is 0 Å². The maximum absolute atomic E-state index is 13.6. The Morgan fingerprint density at radius 2 is 1.74 bits per heavy atom. The summed E-state index contributed by atoms with van der Waals surface area (Å²) in [4.78, 5) is 28.7. The van der Waals surface area contributed by atoms with Crippen molar-refractivity contribution in [3.63, 3.8) is 0 Å². The first-order valence-electron chi connectivity index (χ1n) is 13.6. The van der Waals surface area contributed by atoms with Crippen LogP contribution in [0.2, 0.25) is 18.1 Å². The maximum atomic E-state index is 13.6. The summed E-state index contributed by atoms with van der Waals surface area (Å²) < 4.78 is 18.7. The van der Waals surface area contributed by atoms with Crippen LogP contribution in [0.25, 0.3) is 0 Å². The number of ether oxygens (including phenoxy) is 2. The Morgan fingerprint density at radius 3 is 2.24 bits per heavy atom. The second-order valence-electron chi connectivity index (χ2n) is 13.4. The summed E-state index contributed by atoms with van der Waals surface area (Å²) >= 11 is 0. The fourth-order valence-electron chi connectivity index (χ4n) is 4.31. The molecule has 0 saturated carbocycles. The van der Waals surface area contributed by atoms with Gasteiger partial charge in [-0.1, -0.05) is 58.0 Å². The van der Waals surface area contributed by atoms with E-state index >= 15 is 0 Å². The number of nitrogens with zero attached hydrogens (tertiary/aromatic N) is 1. The summed E-state index contributed by atoms with van der Waals surface area (Å²) in [6.07, 6.45) is -0.632. The van der Waals surface area contributed by atoms with E-state index in [2.05, 4.69) is 39.2 Å². The molecule has 9 heteroatoms. The highest BCUT2D eigenvalue weighted by molar-refractivity contribution is 6.74. The molecular weight excluding hydrogens is 500 g/mol. The van der Waals surface area contributed by atoms with E-state index in [1.807, 2.05) is 71.9 Å². The number of benzene rings is 1. The van der Waals surface area contributed by atoms with Crippen LogP contribution < -0.4 is 5.32 Å². The first-order chi connectivity index (χ1) is 17.3. The number of carbonyl (C=O) groups excluding carboxylic acids is 2. The summed E-state index contributed by atoms with van der Waals surface area (Å²) in [5, 5.41) is 12.9. The third-order valence-corrected chi connectivity index (χ3v) is 12.0. The third-order valence-electron chi connectivity index (χ3n) is 7.52. The van der Waals surface area contributed by atoms with Crippen molar-refractivity contribution >= 4 is 20.3 Å². The van der Waals surface area contributed by atoms with Crippen molar-refractivity contribution in [3.05, 3.63) is 35.9 Å². The van der Waals surface area contributed by atoms with E-state index in [0.717, 1.165) is 5.56 Å². The van der Waals surface area contributed by atoms with Gasteiger partial charge in [-0.3, -0.25) is 9.69 Å². The molecule has 1 aliphatic rings. The van der Waals surface area contributed by atoms with E-state index in [9.17, 15) is 14.7 Å². The lowest BCUT2D eigenvalue weighted by Gasteiger charge is -2.45. The van der Waals surface area contributed by atoms with Crippen LogP contribution in [0, 0.1) is 5.92 Å². The van der Waals surface area contributed by atoms with Crippen molar-refractivity contribution < 1.29 is 28.6 Å². The average molecular weight is 551 g/mol. The molecule has 4 atom stereocenters. The van der Waals surface area contributed by atoms with Crippen molar-refractivity contribution in [3.8, 4) is 0 Å². The molecule has 1 fully saturated rings. The lowest BCUT2D eigenvalue weighted by molar-refractivity contribution is -0.130. The molecule has 1 heterocycles. The molecule has 8 nitrogen and oxygen atoms in total. The minimum Gasteiger partial charge on any atom is -0.444 e. The van der Waals surface area contributed by atoms with Gasteiger partial charge in [-0.2, -0.15) is 0 Å². The SMILES string of the molecule is C[C@@H](C(=O)N[C@@H](CO)Cc1ccccc1)[C@@H](O[Si](C)(C)C(C)(C)C)[C@H]1COC(C)(C)N1C(=O)OC(C)(C)C. The van der Waals surface area contributed by atoms with E-state index in [1.165, 1.54) is 0 Å². The van der Waals surface area contributed by atoms with E-state index in [0.29, 0.717) is 6.42 Å². The second-order valence-corrected chi connectivity index (χ2v) is 18.1. The van der Waals surface area contributed by atoms with Crippen molar-refractivity contribution in [2.24, 2.45) is 5.92 Å². The highest BCUT2D eigenvalue weighted by Crippen LogP contribution is 2.41. The summed E-state index contributed by atoms with van der Waals surface area (Å²) in [5.41, 5.74) is -0.597. The zero-order valence-corrected chi connectivity index (χ0v) is 26.3. The van der Waals surface area contributed by atoms with E-state index in [-0.39, 0.29) is 24.2 Å². The largest absolute Gasteiger partial charge is 0.444 e. The molecule has 216 valence electrons. The molecular formula is C29H50N2O6Si. The monoisotopic (exact) mass is 550 g/mol. The molecule has 2 N–H and O–H groups in total. The lowest BCUT2D eigenvalue weighted by Crippen LogP contribution is -2.60. The van der Waals surface area contributed by atoms with Crippen molar-refractivity contribution in [2.45, 2.75) is 116 Å². The number of amides is 2. The van der Waals surface area contributed by atoms with Crippen LogP contribution >= 0.6 is 0 Å². The number of rotatable bonds is 9. The Bertz CT molecular complexity index is 939. The van der Waals surface area contributed by atoms with Gasteiger partial charge in [0.15, 0.2) is 8.32 Å². The Hall–Kier alpha value is -1.94. The molecule has 1 aromatic rings. The van der Waals surface area contributed by atoms with Gasteiger partial charge in [0.05, 0.1) is 37.3 Å². The maximum Gasteiger partial charge on any atom is 0.412 e. The van der Waals surface area contributed by atoms with Crippen LogP contribution in [-0.4, -0.2) is 73.1 Å². The standard InChI is InChI=1S/C29H50N2O6Si/c1-20(25(33)30-22(18-32)17-21-15-13-12-14-16-21)24(37-38(10,11)28(5,6)7)23-19-35-29(8,9)31(23)26(34)36-27(2,3)4/h12-16,20,22-24,32H,17-19H2,1-11H3,(H,30,33)/t20-,22-,23-,24-/m1/s1. The van der Waals surface area contributed by atoms with Crippen LogP contribution in [0.15, 0.2) is 30.3 Å². The van der Waals surface area contributed by atoms with Gasteiger partial charge in [-0.05, 0) is 64.7 Å². The van der Waals surface area contributed by atoms with E-state index in [4.69, 9.17) is 13.9 Å². The molecule has 0 spiro atoms. The normalized spacial score (nSPS) is 20.5. The number of nitrogens with one attached hydrogen (secondary N) is 1. The molecule has 0 aliphatic carbocycles. The molecule has 2 amide bonds. The highest BCUT2D eigenvalue weighted by atomic mass is 28.4. The molecule has 0 radical (unpaired) electrons. The molecule has 38 heavy (non-hydrogen) atoms. The van der Waals surface area contributed by atoms with Gasteiger partial charge in [-0.15, -0.1) is 0 Å². The minimum absolute atomic E-state index is 0.117. The minimum atomic E-state index is -2.37. The first kappa shape index (κ1) is 32.3. The van der Waals surface area contributed by atoms with Crippen molar-refractivity contribution in [1.29, 1.82) is 0 Å². The Morgan fingerprint density at radius 1 is 1.16 bits per heavy atom. The van der Waals surface area contributed by atoms with Gasteiger partial charge in [0.2, 0.25) is 5.91 Å². The fourth-order valence-corrected chi connectivity index (χ4v) is 5.71. The topological polar surface area (TPSA) is 97.3 Å². The summed E-state index contributed by atoms with van der Waals surface area (Å²) in [7, 11) is -2.37. The molecule has 0 aromatic heterocycles. The predicted octanol–water partition coefficient (Wildman–Crippen LogP) is 5.10. The van der Waals surface area contributed by atoms with Gasteiger partial charge < -0.3 is 24.3 Å². The second kappa shape index (κ2) is 12.1. The zero-order chi connectivity index (χ0) is 29.1. The summed E-state index contributed by atoms with van der Waals surface area (Å²) in [5.74, 6) is -0.862. The number of hydrogen-bond acceptors (Lipinski definition) is 6. The van der Waals surface area contributed by atoms with Crippen LogP contribution in [-0.2, 0) is 25.1 Å². The fraction of sp³-hybridized carbons (Fsp3) is 0.724. The first-order valence-corrected chi connectivity index (χ1v) is 16.5. The van der Waals surface area contributed by atoms with Crippen molar-refractivity contribution in [1.82, 2.24) is 10.2 Å². The molecule has 1 aromatic carbocycles. The lowest BCUT2D eigenvalue weighted by atomic mass is 9.95. The summed E-state index contributed by atoms with van der Waals surface area (Å²) in [6.45, 7) is 21.7. The van der Waals surface area contributed by atoms with Crippen LogP contribution in [0.5, 0.6) is 0 Å². The van der Waals surface area contributed by atoms with Crippen molar-refractivity contribution in [2.75, 3.05) is 13.2 Å². The van der Waals surface area contributed by atoms with Gasteiger partial charge >= 0.3 is 6.09 Å². The predicted molar refractivity (Wildman–Crippen MR) is 152 cm³/mol. The molecule has 0 bridgehead atoms. The highest BCUT2D eigenvalue weighted by Gasteiger charge is 2.53. The molecule has 1 aliphatic heterocycles. The number of aliphatic hydroxyl groups excluding tert-OH is 1. The third kappa shape index (κ3) is 8.28. The average Bonchev–Trinajstić information content (AvgIpc) is 3.10. The molecule has 2 rings (SSSR count). The number of hydrogen-bond donors (Lipinski definition) is 2. The number of carbonyl (C=O) groups is 2. The zero-order valence-electron chi connectivity index (χ0n) is 25.3. The van der Waals surface area contributed by atoms with E-state index < -0.39 is 49.8 Å². The Kier molecular flexibility index (Phi) is 10.2. The van der Waals surface area contributed by atoms with Crippen LogP contribution in [0.3, 0.4) is 0 Å². The van der Waals surface area contributed by atoms with Gasteiger partial charge in [0, 0.05) is 0 Å². The smallest absolute Gasteiger partial charge is 0.412 e.